The SMILES string of the molecule is CC(C)(C)OC(=O)N[C@@H](CCCn1ccnc1N)C(=O)N[C@H]1CN(CCCCCCC(=O)NCCOCCOCCCCCCCl)CC1(C)C. The first kappa shape index (κ1) is 43.6. The number of amides is 3. The monoisotopic (exact) mass is 727 g/mol. The summed E-state index contributed by atoms with van der Waals surface area (Å²) < 4.78 is 18.4. The molecule has 2 rings (SSSR count). The van der Waals surface area contributed by atoms with Gasteiger partial charge in [0.25, 0.3) is 0 Å². The molecule has 5 N–H and O–H groups in total. The van der Waals surface area contributed by atoms with Gasteiger partial charge in [0.05, 0.1) is 19.8 Å². The lowest BCUT2D eigenvalue weighted by Crippen LogP contribution is -2.53. The minimum atomic E-state index is -0.740. The van der Waals surface area contributed by atoms with Crippen molar-refractivity contribution in [3.05, 3.63) is 12.4 Å². The molecule has 1 aromatic rings. The summed E-state index contributed by atoms with van der Waals surface area (Å²) in [5.41, 5.74) is 5.09. The number of anilines is 1. The molecule has 13 nitrogen and oxygen atoms in total. The van der Waals surface area contributed by atoms with Gasteiger partial charge in [0.2, 0.25) is 11.8 Å². The highest BCUT2D eigenvalue weighted by Crippen LogP contribution is 2.30. The molecule has 1 aromatic heterocycles. The summed E-state index contributed by atoms with van der Waals surface area (Å²) in [7, 11) is 0. The van der Waals surface area contributed by atoms with Gasteiger partial charge >= 0.3 is 6.09 Å². The third-order valence-electron chi connectivity index (χ3n) is 8.72. The van der Waals surface area contributed by atoms with Gasteiger partial charge in [-0.3, -0.25) is 9.59 Å². The number of nitrogens with zero attached hydrogens (tertiary/aromatic N) is 3. The first-order valence-corrected chi connectivity index (χ1v) is 19.1. The lowest BCUT2D eigenvalue weighted by Gasteiger charge is -2.29. The number of aromatic nitrogens is 2. The van der Waals surface area contributed by atoms with Crippen LogP contribution in [0.1, 0.15) is 105 Å². The number of alkyl carbamates (subject to hydrolysis) is 1. The normalized spacial score (nSPS) is 16.6. The van der Waals surface area contributed by atoms with Gasteiger partial charge in [-0.1, -0.05) is 39.5 Å². The van der Waals surface area contributed by atoms with Crippen molar-refractivity contribution in [1.82, 2.24) is 30.4 Å². The number of nitrogens with one attached hydrogen (secondary N) is 3. The molecule has 1 aliphatic rings. The Morgan fingerprint density at radius 2 is 1.68 bits per heavy atom. The Kier molecular flexibility index (Phi) is 20.7. The van der Waals surface area contributed by atoms with Gasteiger partial charge in [-0.05, 0) is 71.3 Å². The highest BCUT2D eigenvalue weighted by atomic mass is 35.5. The molecule has 2 heterocycles. The largest absolute Gasteiger partial charge is 0.444 e. The van der Waals surface area contributed by atoms with Gasteiger partial charge in [0.15, 0.2) is 5.95 Å². The molecule has 3 amide bonds. The molecule has 288 valence electrons. The molecule has 50 heavy (non-hydrogen) atoms. The van der Waals surface area contributed by atoms with Crippen LogP contribution in [0.3, 0.4) is 0 Å². The summed E-state index contributed by atoms with van der Waals surface area (Å²) in [5, 5.41) is 8.95. The number of rotatable bonds is 26. The number of nitrogens with two attached hydrogens (primary N) is 1. The van der Waals surface area contributed by atoms with Crippen molar-refractivity contribution in [2.24, 2.45) is 5.41 Å². The summed E-state index contributed by atoms with van der Waals surface area (Å²) in [4.78, 5) is 44.8. The van der Waals surface area contributed by atoms with Crippen LogP contribution in [0, 0.1) is 5.41 Å². The first-order valence-electron chi connectivity index (χ1n) is 18.6. The van der Waals surface area contributed by atoms with Crippen LogP contribution in [-0.4, -0.2) is 109 Å². The van der Waals surface area contributed by atoms with E-state index < -0.39 is 17.7 Å². The van der Waals surface area contributed by atoms with Gasteiger partial charge in [-0.2, -0.15) is 0 Å². The van der Waals surface area contributed by atoms with Gasteiger partial charge in [0.1, 0.15) is 11.6 Å². The Morgan fingerprint density at radius 1 is 0.980 bits per heavy atom. The van der Waals surface area contributed by atoms with Crippen LogP contribution in [0.25, 0.3) is 0 Å². The molecule has 2 atom stereocenters. The molecular formula is C36H66ClN7O6. The van der Waals surface area contributed by atoms with Gasteiger partial charge in [0, 0.05) is 63.5 Å². The average molecular weight is 728 g/mol. The molecule has 1 aliphatic heterocycles. The van der Waals surface area contributed by atoms with E-state index in [1.807, 2.05) is 4.57 Å². The molecular weight excluding hydrogens is 662 g/mol. The third kappa shape index (κ3) is 19.1. The van der Waals surface area contributed by atoms with Crippen molar-refractivity contribution in [2.75, 3.05) is 64.2 Å². The fraction of sp³-hybridized carbons (Fsp3) is 0.833. The van der Waals surface area contributed by atoms with Gasteiger partial charge in [-0.15, -0.1) is 11.6 Å². The minimum Gasteiger partial charge on any atom is -0.444 e. The quantitative estimate of drug-likeness (QED) is 0.0771. The zero-order valence-corrected chi connectivity index (χ0v) is 32.2. The number of likely N-dealkylation sites (tertiary alicyclic amines) is 1. The van der Waals surface area contributed by atoms with E-state index in [1.54, 1.807) is 33.2 Å². The van der Waals surface area contributed by atoms with Crippen LogP contribution in [0.4, 0.5) is 10.7 Å². The Hall–Kier alpha value is -2.61. The standard InChI is InChI=1S/C36H66ClN7O6/c1-35(2,3)50-34(47)41-29(15-14-21-44-22-18-40-33(44)38)32(46)42-30-27-43(28-36(30,4)5)20-12-8-6-10-16-31(45)39-19-24-49-26-25-48-23-13-9-7-11-17-37/h18,22,29-30H,6-17,19-21,23-28H2,1-5H3,(H2,38,40)(H,39,45)(H,41,47)(H,42,46)/t29-,30-/m0/s1. The van der Waals surface area contributed by atoms with Crippen molar-refractivity contribution >= 4 is 35.5 Å². The van der Waals surface area contributed by atoms with Crippen LogP contribution in [0.5, 0.6) is 0 Å². The van der Waals surface area contributed by atoms with E-state index in [0.717, 1.165) is 83.5 Å². The maximum atomic E-state index is 13.5. The zero-order valence-electron chi connectivity index (χ0n) is 31.4. The highest BCUT2D eigenvalue weighted by Gasteiger charge is 2.40. The Morgan fingerprint density at radius 3 is 2.38 bits per heavy atom. The number of carbonyl (C=O) groups excluding carboxylic acids is 3. The fourth-order valence-corrected chi connectivity index (χ4v) is 6.14. The third-order valence-corrected chi connectivity index (χ3v) is 8.99. The number of nitrogen functional groups attached to an aromatic ring is 1. The molecule has 0 aliphatic carbocycles. The van der Waals surface area contributed by atoms with Crippen LogP contribution in [0.2, 0.25) is 0 Å². The Balaban J connectivity index is 1.62. The summed E-state index contributed by atoms with van der Waals surface area (Å²) >= 11 is 5.68. The van der Waals surface area contributed by atoms with Crippen molar-refractivity contribution in [2.45, 2.75) is 129 Å². The number of alkyl halides is 1. The molecule has 0 radical (unpaired) electrons. The molecule has 0 saturated carbocycles. The van der Waals surface area contributed by atoms with Crippen LogP contribution >= 0.6 is 11.6 Å². The lowest BCUT2D eigenvalue weighted by molar-refractivity contribution is -0.124. The summed E-state index contributed by atoms with van der Waals surface area (Å²) in [6.45, 7) is 15.7. The van der Waals surface area contributed by atoms with Crippen LogP contribution in [0.15, 0.2) is 12.4 Å². The zero-order chi connectivity index (χ0) is 36.8. The van der Waals surface area contributed by atoms with Crippen molar-refractivity contribution < 1.29 is 28.6 Å². The second-order valence-electron chi connectivity index (χ2n) is 14.9. The molecule has 1 saturated heterocycles. The number of halogens is 1. The van der Waals surface area contributed by atoms with E-state index in [-0.39, 0.29) is 23.3 Å². The van der Waals surface area contributed by atoms with E-state index in [4.69, 9.17) is 31.5 Å². The van der Waals surface area contributed by atoms with Crippen LogP contribution < -0.4 is 21.7 Å². The number of hydrogen-bond donors (Lipinski definition) is 4. The highest BCUT2D eigenvalue weighted by molar-refractivity contribution is 6.17. The smallest absolute Gasteiger partial charge is 0.408 e. The second kappa shape index (κ2) is 23.8. The summed E-state index contributed by atoms with van der Waals surface area (Å²) in [5.74, 6) is 0.989. The first-order chi connectivity index (χ1) is 23.8. The summed E-state index contributed by atoms with van der Waals surface area (Å²) in [6, 6.07) is -0.797. The van der Waals surface area contributed by atoms with Crippen molar-refractivity contribution in [3.8, 4) is 0 Å². The van der Waals surface area contributed by atoms with Crippen LogP contribution in [-0.2, 0) is 30.3 Å². The van der Waals surface area contributed by atoms with E-state index in [2.05, 4.69) is 39.7 Å². The molecule has 1 fully saturated rings. The maximum absolute atomic E-state index is 13.5. The average Bonchev–Trinajstić information content (AvgIpc) is 3.57. The number of imidazole rings is 1. The Labute approximate surface area is 305 Å². The predicted molar refractivity (Wildman–Crippen MR) is 198 cm³/mol. The number of carbonyl (C=O) groups is 3. The summed E-state index contributed by atoms with van der Waals surface area (Å²) in [6.07, 6.45) is 12.7. The maximum Gasteiger partial charge on any atom is 0.408 e. The lowest BCUT2D eigenvalue weighted by atomic mass is 9.87. The number of unbranched alkanes of at least 4 members (excludes halogenated alkanes) is 6. The molecule has 0 bridgehead atoms. The van der Waals surface area contributed by atoms with E-state index in [1.165, 1.54) is 0 Å². The van der Waals surface area contributed by atoms with E-state index in [0.29, 0.717) is 58.1 Å². The second-order valence-corrected chi connectivity index (χ2v) is 15.3. The van der Waals surface area contributed by atoms with Crippen molar-refractivity contribution in [1.29, 1.82) is 0 Å². The van der Waals surface area contributed by atoms with Gasteiger partial charge < -0.3 is 45.4 Å². The van der Waals surface area contributed by atoms with E-state index in [9.17, 15) is 14.4 Å². The Bertz CT molecular complexity index is 1110. The number of ether oxygens (including phenoxy) is 3. The minimum absolute atomic E-state index is 0.0567. The predicted octanol–water partition coefficient (Wildman–Crippen LogP) is 4.86. The number of aryl methyl sites for hydroxylation is 1. The molecule has 0 unspecified atom stereocenters. The van der Waals surface area contributed by atoms with E-state index >= 15 is 0 Å². The number of hydrogen-bond acceptors (Lipinski definition) is 9. The van der Waals surface area contributed by atoms with Crippen molar-refractivity contribution in [3.63, 3.8) is 0 Å². The fourth-order valence-electron chi connectivity index (χ4n) is 5.95. The van der Waals surface area contributed by atoms with Gasteiger partial charge in [-0.25, -0.2) is 9.78 Å². The molecule has 0 aromatic carbocycles. The molecule has 0 spiro atoms. The topological polar surface area (TPSA) is 162 Å². The molecule has 14 heteroatoms.